The van der Waals surface area contributed by atoms with E-state index in [1.54, 1.807) is 4.90 Å². The van der Waals surface area contributed by atoms with E-state index in [1.807, 2.05) is 27.7 Å². The molecule has 1 amide bonds. The Balaban J connectivity index is 2.38. The Labute approximate surface area is 90.6 Å². The Hall–Kier alpha value is -1.06. The van der Waals surface area contributed by atoms with Crippen molar-refractivity contribution in [1.29, 1.82) is 0 Å². The molecule has 15 heavy (non-hydrogen) atoms. The van der Waals surface area contributed by atoms with Crippen molar-refractivity contribution in [3.05, 3.63) is 0 Å². The van der Waals surface area contributed by atoms with Crippen LogP contribution in [0.3, 0.4) is 0 Å². The highest BCUT2D eigenvalue weighted by Crippen LogP contribution is 2.33. The van der Waals surface area contributed by atoms with Crippen LogP contribution in [0.1, 0.15) is 34.1 Å². The zero-order chi connectivity index (χ0) is 11.7. The summed E-state index contributed by atoms with van der Waals surface area (Å²) in [4.78, 5) is 23.6. The van der Waals surface area contributed by atoms with Crippen LogP contribution < -0.4 is 0 Å². The molecule has 1 aliphatic heterocycles. The topological polar surface area (TPSA) is 46.6 Å². The average molecular weight is 213 g/mol. The molecular weight excluding hydrogens is 194 g/mol. The first-order valence-electron chi connectivity index (χ1n) is 5.17. The molecule has 86 valence electrons. The van der Waals surface area contributed by atoms with Gasteiger partial charge in [-0.25, -0.2) is 4.79 Å². The third kappa shape index (κ3) is 3.22. The molecule has 4 heteroatoms. The normalized spacial score (nSPS) is 19.3. The summed E-state index contributed by atoms with van der Waals surface area (Å²) in [6, 6.07) is 0. The summed E-state index contributed by atoms with van der Waals surface area (Å²) in [6.45, 7) is 8.75. The maximum Gasteiger partial charge on any atom is 0.410 e. The Kier molecular flexibility index (Phi) is 3.07. The molecule has 0 atom stereocenters. The van der Waals surface area contributed by atoms with Crippen LogP contribution >= 0.6 is 0 Å². The Morgan fingerprint density at radius 1 is 1.47 bits per heavy atom. The van der Waals surface area contributed by atoms with Crippen LogP contribution in [0.25, 0.3) is 0 Å². The summed E-state index contributed by atoms with van der Waals surface area (Å²) >= 11 is 0. The second kappa shape index (κ2) is 3.83. The fourth-order valence-electron chi connectivity index (χ4n) is 1.66. The van der Waals surface area contributed by atoms with Gasteiger partial charge >= 0.3 is 6.09 Å². The molecule has 0 radical (unpaired) electrons. The van der Waals surface area contributed by atoms with Crippen LogP contribution in [0.4, 0.5) is 4.79 Å². The van der Waals surface area contributed by atoms with E-state index in [0.29, 0.717) is 19.5 Å². The van der Waals surface area contributed by atoms with Crippen LogP contribution in [-0.4, -0.2) is 36.0 Å². The van der Waals surface area contributed by atoms with E-state index in [9.17, 15) is 9.59 Å². The van der Waals surface area contributed by atoms with E-state index < -0.39 is 5.60 Å². The molecule has 1 rings (SSSR count). The second-order valence-electron chi connectivity index (χ2n) is 5.52. The molecule has 0 spiro atoms. The Morgan fingerprint density at radius 3 is 2.40 bits per heavy atom. The molecule has 4 nitrogen and oxygen atoms in total. The van der Waals surface area contributed by atoms with Gasteiger partial charge in [-0.3, -0.25) is 0 Å². The summed E-state index contributed by atoms with van der Waals surface area (Å²) in [6.07, 6.45) is 1.13. The molecular formula is C11H19NO3. The largest absolute Gasteiger partial charge is 0.444 e. The van der Waals surface area contributed by atoms with E-state index in [1.165, 1.54) is 0 Å². The van der Waals surface area contributed by atoms with Gasteiger partial charge in [0.15, 0.2) is 0 Å². The lowest BCUT2D eigenvalue weighted by Gasteiger charge is -2.47. The highest BCUT2D eigenvalue weighted by atomic mass is 16.6. The van der Waals surface area contributed by atoms with E-state index in [-0.39, 0.29) is 11.5 Å². The van der Waals surface area contributed by atoms with Gasteiger partial charge in [0, 0.05) is 24.9 Å². The van der Waals surface area contributed by atoms with Gasteiger partial charge in [-0.15, -0.1) is 0 Å². The predicted molar refractivity (Wildman–Crippen MR) is 56.6 cm³/mol. The molecule has 0 aromatic heterocycles. The first-order valence-corrected chi connectivity index (χ1v) is 5.17. The monoisotopic (exact) mass is 213 g/mol. The summed E-state index contributed by atoms with van der Waals surface area (Å²) in [5.41, 5.74) is -0.494. The molecule has 0 saturated carbocycles. The first-order chi connectivity index (χ1) is 6.76. The molecule has 0 aromatic carbocycles. The highest BCUT2D eigenvalue weighted by Gasteiger charge is 2.42. The van der Waals surface area contributed by atoms with E-state index in [0.717, 1.165) is 6.29 Å². The minimum absolute atomic E-state index is 0.0430. The Morgan fingerprint density at radius 2 is 2.00 bits per heavy atom. The van der Waals surface area contributed by atoms with E-state index >= 15 is 0 Å². The maximum atomic E-state index is 11.5. The van der Waals surface area contributed by atoms with Crippen molar-refractivity contribution in [2.75, 3.05) is 13.1 Å². The number of carbonyl (C=O) groups is 2. The predicted octanol–water partition coefficient (Wildman–Crippen LogP) is 1.83. The van der Waals surface area contributed by atoms with Gasteiger partial charge < -0.3 is 14.4 Å². The molecule has 0 aliphatic carbocycles. The summed E-state index contributed by atoms with van der Waals surface area (Å²) in [7, 11) is 0. The SMILES string of the molecule is CC1(CC=O)CN(C(=O)OC(C)(C)C)C1. The van der Waals surface area contributed by atoms with E-state index in [4.69, 9.17) is 4.74 Å². The minimum Gasteiger partial charge on any atom is -0.444 e. The summed E-state index contributed by atoms with van der Waals surface area (Å²) in [5, 5.41) is 0. The average Bonchev–Trinajstić information content (AvgIpc) is 1.96. The van der Waals surface area contributed by atoms with Crippen molar-refractivity contribution >= 4 is 12.4 Å². The number of hydrogen-bond donors (Lipinski definition) is 0. The lowest BCUT2D eigenvalue weighted by molar-refractivity contribution is -0.112. The number of carbonyl (C=O) groups excluding carboxylic acids is 2. The van der Waals surface area contributed by atoms with Gasteiger partial charge in [0.05, 0.1) is 0 Å². The molecule has 0 N–H and O–H groups in total. The zero-order valence-electron chi connectivity index (χ0n) is 9.87. The number of ether oxygens (including phenoxy) is 1. The zero-order valence-corrected chi connectivity index (χ0v) is 9.87. The van der Waals surface area contributed by atoms with Crippen LogP contribution in [-0.2, 0) is 9.53 Å². The van der Waals surface area contributed by atoms with Gasteiger partial charge in [-0.05, 0) is 20.8 Å². The van der Waals surface area contributed by atoms with Crippen LogP contribution in [0, 0.1) is 5.41 Å². The lowest BCUT2D eigenvalue weighted by atomic mass is 9.80. The van der Waals surface area contributed by atoms with Crippen molar-refractivity contribution in [2.45, 2.75) is 39.7 Å². The van der Waals surface area contributed by atoms with Gasteiger partial charge in [0.25, 0.3) is 0 Å². The first kappa shape index (κ1) is 12.0. The van der Waals surface area contributed by atoms with Crippen LogP contribution in [0.2, 0.25) is 0 Å². The lowest BCUT2D eigenvalue weighted by Crippen LogP contribution is -2.58. The number of likely N-dealkylation sites (tertiary alicyclic amines) is 1. The van der Waals surface area contributed by atoms with Gasteiger partial charge in [0.1, 0.15) is 11.9 Å². The van der Waals surface area contributed by atoms with Crippen LogP contribution in [0.5, 0.6) is 0 Å². The van der Waals surface area contributed by atoms with Crippen molar-refractivity contribution in [3.63, 3.8) is 0 Å². The highest BCUT2D eigenvalue weighted by molar-refractivity contribution is 5.69. The molecule has 1 saturated heterocycles. The van der Waals surface area contributed by atoms with Gasteiger partial charge in [-0.1, -0.05) is 6.92 Å². The van der Waals surface area contributed by atoms with E-state index in [2.05, 4.69) is 0 Å². The van der Waals surface area contributed by atoms with Gasteiger partial charge in [0.2, 0.25) is 0 Å². The third-order valence-corrected chi connectivity index (χ3v) is 2.37. The molecule has 1 aliphatic rings. The minimum atomic E-state index is -0.451. The number of amides is 1. The Bertz CT molecular complexity index is 261. The summed E-state index contributed by atoms with van der Waals surface area (Å²) in [5.74, 6) is 0. The molecule has 0 unspecified atom stereocenters. The van der Waals surface area contributed by atoms with Crippen molar-refractivity contribution in [3.8, 4) is 0 Å². The molecule has 0 aromatic rings. The fourth-order valence-corrected chi connectivity index (χ4v) is 1.66. The van der Waals surface area contributed by atoms with Crippen LogP contribution in [0.15, 0.2) is 0 Å². The second-order valence-corrected chi connectivity index (χ2v) is 5.52. The van der Waals surface area contributed by atoms with Crippen molar-refractivity contribution in [1.82, 2.24) is 4.90 Å². The molecule has 1 fully saturated rings. The van der Waals surface area contributed by atoms with Gasteiger partial charge in [-0.2, -0.15) is 0 Å². The van der Waals surface area contributed by atoms with Crippen molar-refractivity contribution < 1.29 is 14.3 Å². The quantitative estimate of drug-likeness (QED) is 0.657. The number of hydrogen-bond acceptors (Lipinski definition) is 3. The fraction of sp³-hybridized carbons (Fsp3) is 0.818. The number of aldehydes is 1. The standard InChI is InChI=1S/C11H19NO3/c1-10(2,3)15-9(14)12-7-11(4,8-12)5-6-13/h6H,5,7-8H2,1-4H3. The molecule has 0 bridgehead atoms. The smallest absolute Gasteiger partial charge is 0.410 e. The third-order valence-electron chi connectivity index (χ3n) is 2.37. The number of nitrogens with zero attached hydrogens (tertiary/aromatic N) is 1. The maximum absolute atomic E-state index is 11.5. The number of rotatable bonds is 2. The van der Waals surface area contributed by atoms with Crippen molar-refractivity contribution in [2.24, 2.45) is 5.41 Å². The molecule has 1 heterocycles. The summed E-state index contributed by atoms with van der Waals surface area (Å²) < 4.78 is 5.21.